The second-order valence-corrected chi connectivity index (χ2v) is 4.21. The highest BCUT2D eigenvalue weighted by Crippen LogP contribution is 2.24. The van der Waals surface area contributed by atoms with E-state index in [-0.39, 0.29) is 4.57 Å². The first-order valence-corrected chi connectivity index (χ1v) is 5.73. The zero-order chi connectivity index (χ0) is 24.8. The van der Waals surface area contributed by atoms with Crippen molar-refractivity contribution in [1.29, 1.82) is 0 Å². The summed E-state index contributed by atoms with van der Waals surface area (Å²) < 4.78 is 86.8. The van der Waals surface area contributed by atoms with Gasteiger partial charge in [0.25, 0.3) is 5.56 Å². The lowest BCUT2D eigenvalue weighted by Gasteiger charge is -2.24. The van der Waals surface area contributed by atoms with E-state index in [1.54, 1.807) is 0 Å². The summed E-state index contributed by atoms with van der Waals surface area (Å²) in [5, 5.41) is -0.809. The third-order valence-corrected chi connectivity index (χ3v) is 2.86. The van der Waals surface area contributed by atoms with E-state index in [9.17, 15) is 14.4 Å². The quantitative estimate of drug-likeness (QED) is 0.629. The van der Waals surface area contributed by atoms with Gasteiger partial charge in [0.05, 0.1) is 28.8 Å². The van der Waals surface area contributed by atoms with Gasteiger partial charge >= 0.3 is 0 Å². The average molecular weight is 296 g/mol. The minimum Gasteiger partial charge on any atom is -0.398 e. The SMILES string of the molecule is [2H]c1c([2H])c(N)c2c(=O)n([C@]3([2H])C(=O)CC(=O)C([2H])([2H])C3([2H])[2H])c(C([2H])([2H])[2H])nc2c1[2H]. The van der Waals surface area contributed by atoms with Gasteiger partial charge in [-0.05, 0) is 25.3 Å². The molecule has 0 spiro atoms. The molecule has 1 aliphatic rings. The van der Waals surface area contributed by atoms with Crippen LogP contribution < -0.4 is 11.3 Å². The van der Waals surface area contributed by atoms with E-state index in [1.807, 2.05) is 0 Å². The van der Waals surface area contributed by atoms with Crippen molar-refractivity contribution in [3.05, 3.63) is 34.3 Å². The number of nitrogen functional groups attached to an aromatic ring is 1. The van der Waals surface area contributed by atoms with Gasteiger partial charge in [-0.1, -0.05) is 6.04 Å². The summed E-state index contributed by atoms with van der Waals surface area (Å²) in [6.45, 7) is -3.38. The molecule has 0 saturated heterocycles. The lowest BCUT2D eigenvalue weighted by molar-refractivity contribution is -0.132. The van der Waals surface area contributed by atoms with Crippen LogP contribution in [0.15, 0.2) is 22.9 Å². The van der Waals surface area contributed by atoms with Crippen LogP contribution in [0.1, 0.15) is 46.1 Å². The van der Waals surface area contributed by atoms with Gasteiger partial charge in [-0.3, -0.25) is 19.0 Å². The Bertz CT molecular complexity index is 1270. The summed E-state index contributed by atoms with van der Waals surface area (Å²) in [6, 6.07) is -6.00. The lowest BCUT2D eigenvalue weighted by Crippen LogP contribution is -2.36. The maximum atomic E-state index is 13.4. The molecule has 108 valence electrons. The predicted molar refractivity (Wildman–Crippen MR) is 78.1 cm³/mol. The van der Waals surface area contributed by atoms with Gasteiger partial charge in [0.15, 0.2) is 5.78 Å². The highest BCUT2D eigenvalue weighted by molar-refractivity contribution is 6.03. The first-order valence-electron chi connectivity index (χ1n) is 11.2. The Morgan fingerprint density at radius 2 is 2.33 bits per heavy atom. The summed E-state index contributed by atoms with van der Waals surface area (Å²) in [4.78, 5) is 41.8. The smallest absolute Gasteiger partial charge is 0.264 e. The van der Waals surface area contributed by atoms with E-state index in [0.717, 1.165) is 0 Å². The fourth-order valence-corrected chi connectivity index (χ4v) is 1.93. The number of aryl methyl sites for hydroxylation is 1. The Kier molecular flexibility index (Phi) is 1.31. The van der Waals surface area contributed by atoms with Gasteiger partial charge in [0, 0.05) is 21.7 Å². The molecule has 1 heterocycles. The van der Waals surface area contributed by atoms with Crippen LogP contribution in [0.4, 0.5) is 5.69 Å². The number of nitrogens with zero attached hydrogens (tertiary/aromatic N) is 2. The number of aromatic nitrogens is 2. The largest absolute Gasteiger partial charge is 0.398 e. The van der Waals surface area contributed by atoms with Gasteiger partial charge < -0.3 is 5.73 Å². The van der Waals surface area contributed by atoms with E-state index in [0.29, 0.717) is 0 Å². The van der Waals surface area contributed by atoms with E-state index in [1.165, 1.54) is 0 Å². The number of ketones is 2. The molecular weight excluding hydrogens is 270 g/mol. The number of carbonyl (C=O) groups excluding carboxylic acids is 2. The molecule has 6 heteroatoms. The molecule has 3 rings (SSSR count). The summed E-state index contributed by atoms with van der Waals surface area (Å²) in [5.41, 5.74) is 2.67. The Labute approximate surface area is 136 Å². The summed E-state index contributed by atoms with van der Waals surface area (Å²) in [7, 11) is 0. The zero-order valence-corrected chi connectivity index (χ0v) is 10.4. The van der Waals surface area contributed by atoms with Gasteiger partial charge in [-0.25, -0.2) is 4.98 Å². The van der Waals surface area contributed by atoms with Crippen molar-refractivity contribution in [1.82, 2.24) is 9.55 Å². The van der Waals surface area contributed by atoms with E-state index < -0.39 is 89.7 Å². The highest BCUT2D eigenvalue weighted by atomic mass is 16.2. The molecule has 6 nitrogen and oxygen atoms in total. The monoisotopic (exact) mass is 296 g/mol. The molecule has 21 heavy (non-hydrogen) atoms. The van der Waals surface area contributed by atoms with Crippen molar-refractivity contribution in [2.75, 3.05) is 5.73 Å². The summed E-state index contributed by atoms with van der Waals surface area (Å²) in [6.07, 6.45) is -8.49. The minimum atomic E-state index is -3.73. The Morgan fingerprint density at radius 3 is 3.10 bits per heavy atom. The van der Waals surface area contributed by atoms with Crippen LogP contribution in [0.25, 0.3) is 10.9 Å². The van der Waals surface area contributed by atoms with Crippen molar-refractivity contribution in [3.63, 3.8) is 0 Å². The molecule has 1 aliphatic carbocycles. The third kappa shape index (κ3) is 2.12. The molecule has 2 N–H and O–H groups in total. The van der Waals surface area contributed by atoms with Crippen LogP contribution >= 0.6 is 0 Å². The standard InChI is InChI=1S/C15H15N3O3/c1-8-17-11-4-2-3-10(16)14(11)15(21)18(8)12-6-5-9(19)7-13(12)20/h2-4,12H,5-7,16H2,1H3/t12-/m0/s1/i1D3,2D,3D,4D,5D2,6D2,12D. The second-order valence-electron chi connectivity index (χ2n) is 4.21. The molecule has 1 saturated carbocycles. The van der Waals surface area contributed by atoms with E-state index in [2.05, 4.69) is 4.98 Å². The van der Waals surface area contributed by atoms with E-state index >= 15 is 0 Å². The summed E-state index contributed by atoms with van der Waals surface area (Å²) in [5.74, 6) is -4.42. The van der Waals surface area contributed by atoms with Crippen LogP contribution in [0, 0.1) is 6.85 Å². The number of hydrogen-bond donors (Lipinski definition) is 1. The molecule has 1 atom stereocenters. The number of fused-ring (bicyclic) bond motifs is 1. The number of nitrogens with two attached hydrogens (primary N) is 1. The molecule has 2 aromatic rings. The molecule has 0 amide bonds. The number of benzene rings is 1. The maximum Gasteiger partial charge on any atom is 0.264 e. The molecule has 0 radical (unpaired) electrons. The fraction of sp³-hybridized carbons (Fsp3) is 0.333. The minimum absolute atomic E-state index is 0.173. The molecule has 1 aromatic heterocycles. The van der Waals surface area contributed by atoms with Crippen LogP contribution in [0.3, 0.4) is 0 Å². The molecule has 1 aromatic carbocycles. The van der Waals surface area contributed by atoms with Crippen molar-refractivity contribution in [2.45, 2.75) is 32.0 Å². The highest BCUT2D eigenvalue weighted by Gasteiger charge is 2.30. The van der Waals surface area contributed by atoms with Crippen LogP contribution in [-0.2, 0) is 9.59 Å². The first-order chi connectivity index (χ1) is 14.3. The molecule has 0 aliphatic heterocycles. The van der Waals surface area contributed by atoms with Crippen molar-refractivity contribution in [3.8, 4) is 0 Å². The fourth-order valence-electron chi connectivity index (χ4n) is 1.93. The van der Waals surface area contributed by atoms with Gasteiger partial charge in [-0.2, -0.15) is 0 Å². The number of hydrogen-bond acceptors (Lipinski definition) is 5. The van der Waals surface area contributed by atoms with Gasteiger partial charge in [-0.15, -0.1) is 0 Å². The van der Waals surface area contributed by atoms with Crippen molar-refractivity contribution < 1.29 is 24.7 Å². The van der Waals surface area contributed by atoms with Crippen LogP contribution in [0.5, 0.6) is 0 Å². The van der Waals surface area contributed by atoms with Gasteiger partial charge in [0.1, 0.15) is 11.6 Å². The molecular formula is C15H15N3O3. The number of anilines is 1. The summed E-state index contributed by atoms with van der Waals surface area (Å²) >= 11 is 0. The topological polar surface area (TPSA) is 95.0 Å². The molecule has 1 fully saturated rings. The third-order valence-electron chi connectivity index (χ3n) is 2.86. The van der Waals surface area contributed by atoms with Crippen molar-refractivity contribution >= 4 is 28.2 Å². The van der Waals surface area contributed by atoms with Crippen LogP contribution in [0.2, 0.25) is 0 Å². The maximum absolute atomic E-state index is 13.4. The Morgan fingerprint density at radius 1 is 1.52 bits per heavy atom. The number of Topliss-reactive ketones (excluding diaryl/α,β-unsaturated/α-hetero) is 2. The second kappa shape index (κ2) is 4.80. The molecule has 0 bridgehead atoms. The van der Waals surface area contributed by atoms with E-state index in [4.69, 9.17) is 20.8 Å². The lowest BCUT2D eigenvalue weighted by atomic mass is 9.92. The number of carbonyl (C=O) groups is 2. The average Bonchev–Trinajstić information content (AvgIpc) is 2.67. The normalized spacial score (nSPS) is 35.7. The molecule has 0 unspecified atom stereocenters. The van der Waals surface area contributed by atoms with Gasteiger partial charge in [0.2, 0.25) is 0 Å². The van der Waals surface area contributed by atoms with Crippen LogP contribution in [-0.4, -0.2) is 21.1 Å². The predicted octanol–water partition coefficient (Wildman–Crippen LogP) is 1.15. The number of rotatable bonds is 1. The zero-order valence-electron chi connectivity index (χ0n) is 21.4. The first kappa shape index (κ1) is 5.71. The Hall–Kier alpha value is -2.50. The van der Waals surface area contributed by atoms with Crippen molar-refractivity contribution in [2.24, 2.45) is 0 Å². The Balaban J connectivity index is 2.64.